The van der Waals surface area contributed by atoms with Crippen molar-refractivity contribution in [3.8, 4) is 5.75 Å². The van der Waals surface area contributed by atoms with Crippen LogP contribution in [0.2, 0.25) is 0 Å². The van der Waals surface area contributed by atoms with Crippen molar-refractivity contribution in [1.29, 1.82) is 0 Å². The third kappa shape index (κ3) is 3.15. The number of ether oxygens (including phenoxy) is 2. The highest BCUT2D eigenvalue weighted by Crippen LogP contribution is 2.19. The fraction of sp³-hybridized carbons (Fsp3) is 0.417. The number of nitrogens with one attached hydrogen (secondary N) is 1. The molecule has 0 fully saturated rings. The summed E-state index contributed by atoms with van der Waals surface area (Å²) < 4.78 is 9.73. The molecule has 0 radical (unpaired) electrons. The number of hydrogen-bond donors (Lipinski definition) is 1. The van der Waals surface area contributed by atoms with Crippen LogP contribution in [0.25, 0.3) is 0 Å². The number of methoxy groups -OCH3 is 2. The van der Waals surface area contributed by atoms with Gasteiger partial charge in [-0.05, 0) is 18.1 Å². The molecule has 1 aromatic carbocycles. The Morgan fingerprint density at radius 1 is 1.38 bits per heavy atom. The van der Waals surface area contributed by atoms with Crippen LogP contribution in [0.15, 0.2) is 18.2 Å². The largest absolute Gasteiger partial charge is 0.496 e. The summed E-state index contributed by atoms with van der Waals surface area (Å²) >= 11 is 0. The van der Waals surface area contributed by atoms with Crippen molar-refractivity contribution in [2.45, 2.75) is 19.9 Å². The van der Waals surface area contributed by atoms with Gasteiger partial charge in [0, 0.05) is 12.1 Å². The Balaban J connectivity index is 2.78. The number of aryl methyl sites for hydroxylation is 1. The molecule has 4 nitrogen and oxygen atoms in total. The van der Waals surface area contributed by atoms with Gasteiger partial charge in [-0.1, -0.05) is 19.1 Å². The van der Waals surface area contributed by atoms with Crippen molar-refractivity contribution in [2.24, 2.45) is 0 Å². The lowest BCUT2D eigenvalue weighted by Crippen LogP contribution is -2.22. The van der Waals surface area contributed by atoms with Gasteiger partial charge >= 0.3 is 6.09 Å². The standard InChI is InChI=1S/C12H17NO3/c1-4-9-5-6-11(15-2)10(7-9)8-13-12(14)16-3/h5-7H,4,8H2,1-3H3,(H,13,14). The van der Waals surface area contributed by atoms with Crippen LogP contribution in [-0.2, 0) is 17.7 Å². The number of alkyl carbamates (subject to hydrolysis) is 1. The van der Waals surface area contributed by atoms with Crippen LogP contribution in [0.4, 0.5) is 4.79 Å². The summed E-state index contributed by atoms with van der Waals surface area (Å²) in [5.41, 5.74) is 2.16. The van der Waals surface area contributed by atoms with Gasteiger partial charge in [-0.3, -0.25) is 0 Å². The molecule has 1 amide bonds. The number of benzene rings is 1. The molecule has 0 aliphatic carbocycles. The van der Waals surface area contributed by atoms with Gasteiger partial charge in [-0.2, -0.15) is 0 Å². The first-order valence-corrected chi connectivity index (χ1v) is 5.18. The predicted octanol–water partition coefficient (Wildman–Crippen LogP) is 2.11. The molecule has 0 spiro atoms. The molecule has 16 heavy (non-hydrogen) atoms. The highest BCUT2D eigenvalue weighted by molar-refractivity contribution is 5.67. The number of carbonyl (C=O) groups is 1. The highest BCUT2D eigenvalue weighted by atomic mass is 16.5. The number of hydrogen-bond acceptors (Lipinski definition) is 3. The van der Waals surface area contributed by atoms with E-state index < -0.39 is 6.09 Å². The van der Waals surface area contributed by atoms with Crippen molar-refractivity contribution in [1.82, 2.24) is 5.32 Å². The first-order valence-electron chi connectivity index (χ1n) is 5.18. The molecule has 0 saturated heterocycles. The molecule has 4 heteroatoms. The second kappa shape index (κ2) is 6.00. The van der Waals surface area contributed by atoms with Crippen molar-refractivity contribution >= 4 is 6.09 Å². The first kappa shape index (κ1) is 12.4. The van der Waals surface area contributed by atoms with E-state index in [4.69, 9.17) is 4.74 Å². The minimum Gasteiger partial charge on any atom is -0.496 e. The molecule has 1 N–H and O–H groups in total. The number of rotatable bonds is 4. The SMILES string of the molecule is CCc1ccc(OC)c(CNC(=O)OC)c1. The van der Waals surface area contributed by atoms with E-state index in [9.17, 15) is 4.79 Å². The molecule has 0 saturated carbocycles. The Labute approximate surface area is 95.6 Å². The molecule has 1 aromatic rings. The fourth-order valence-corrected chi connectivity index (χ4v) is 1.43. The minimum atomic E-state index is -0.441. The van der Waals surface area contributed by atoms with Gasteiger partial charge in [0.15, 0.2) is 0 Å². The van der Waals surface area contributed by atoms with Gasteiger partial charge in [-0.15, -0.1) is 0 Å². The monoisotopic (exact) mass is 223 g/mol. The lowest BCUT2D eigenvalue weighted by Gasteiger charge is -2.10. The smallest absolute Gasteiger partial charge is 0.407 e. The van der Waals surface area contributed by atoms with E-state index in [1.165, 1.54) is 12.7 Å². The van der Waals surface area contributed by atoms with E-state index in [1.807, 2.05) is 18.2 Å². The molecule has 1 rings (SSSR count). The Kier molecular flexibility index (Phi) is 4.64. The molecule has 0 aliphatic heterocycles. The van der Waals surface area contributed by atoms with Crippen LogP contribution < -0.4 is 10.1 Å². The van der Waals surface area contributed by atoms with Crippen LogP contribution in [0.3, 0.4) is 0 Å². The molecule has 0 unspecified atom stereocenters. The average molecular weight is 223 g/mol. The zero-order valence-electron chi connectivity index (χ0n) is 9.87. The topological polar surface area (TPSA) is 47.6 Å². The normalized spacial score (nSPS) is 9.69. The third-order valence-corrected chi connectivity index (χ3v) is 2.36. The van der Waals surface area contributed by atoms with Crippen molar-refractivity contribution < 1.29 is 14.3 Å². The zero-order valence-corrected chi connectivity index (χ0v) is 9.87. The Morgan fingerprint density at radius 3 is 2.69 bits per heavy atom. The quantitative estimate of drug-likeness (QED) is 0.850. The molecular formula is C12H17NO3. The maximum atomic E-state index is 11.0. The predicted molar refractivity (Wildman–Crippen MR) is 61.6 cm³/mol. The summed E-state index contributed by atoms with van der Waals surface area (Å²) in [5.74, 6) is 0.772. The van der Waals surface area contributed by atoms with E-state index in [0.717, 1.165) is 17.7 Å². The molecular weight excluding hydrogens is 206 g/mol. The second-order valence-electron chi connectivity index (χ2n) is 3.34. The van der Waals surface area contributed by atoms with Gasteiger partial charge in [0.05, 0.1) is 14.2 Å². The van der Waals surface area contributed by atoms with Crippen LogP contribution in [0, 0.1) is 0 Å². The molecule has 0 aliphatic rings. The maximum Gasteiger partial charge on any atom is 0.407 e. The van der Waals surface area contributed by atoms with Gasteiger partial charge < -0.3 is 14.8 Å². The molecule has 88 valence electrons. The van der Waals surface area contributed by atoms with Gasteiger partial charge in [0.25, 0.3) is 0 Å². The average Bonchev–Trinajstić information content (AvgIpc) is 2.35. The Hall–Kier alpha value is -1.71. The third-order valence-electron chi connectivity index (χ3n) is 2.36. The van der Waals surface area contributed by atoms with E-state index in [0.29, 0.717) is 6.54 Å². The van der Waals surface area contributed by atoms with Gasteiger partial charge in [0.2, 0.25) is 0 Å². The van der Waals surface area contributed by atoms with Gasteiger partial charge in [-0.25, -0.2) is 4.79 Å². The lowest BCUT2D eigenvalue weighted by molar-refractivity contribution is 0.170. The second-order valence-corrected chi connectivity index (χ2v) is 3.34. The van der Waals surface area contributed by atoms with Crippen LogP contribution in [0.1, 0.15) is 18.1 Å². The number of carbonyl (C=O) groups excluding carboxylic acids is 1. The summed E-state index contributed by atoms with van der Waals surface area (Å²) in [4.78, 5) is 11.0. The Bertz CT molecular complexity index is 363. The van der Waals surface area contributed by atoms with Crippen molar-refractivity contribution in [2.75, 3.05) is 14.2 Å². The summed E-state index contributed by atoms with van der Waals surface area (Å²) in [6, 6.07) is 5.95. The van der Waals surface area contributed by atoms with Crippen LogP contribution in [-0.4, -0.2) is 20.3 Å². The Morgan fingerprint density at radius 2 is 2.12 bits per heavy atom. The summed E-state index contributed by atoms with van der Waals surface area (Å²) in [5, 5.41) is 2.63. The fourth-order valence-electron chi connectivity index (χ4n) is 1.43. The van der Waals surface area contributed by atoms with Crippen LogP contribution in [0.5, 0.6) is 5.75 Å². The molecule has 0 heterocycles. The van der Waals surface area contributed by atoms with E-state index in [2.05, 4.69) is 17.0 Å². The minimum absolute atomic E-state index is 0.406. The zero-order chi connectivity index (χ0) is 12.0. The highest BCUT2D eigenvalue weighted by Gasteiger charge is 2.05. The molecule has 0 aromatic heterocycles. The number of amides is 1. The maximum absolute atomic E-state index is 11.0. The van der Waals surface area contributed by atoms with Crippen LogP contribution >= 0.6 is 0 Å². The molecule has 0 atom stereocenters. The summed E-state index contributed by atoms with van der Waals surface area (Å²) in [6.45, 7) is 2.49. The van der Waals surface area contributed by atoms with Crippen molar-refractivity contribution in [3.05, 3.63) is 29.3 Å². The van der Waals surface area contributed by atoms with Crippen molar-refractivity contribution in [3.63, 3.8) is 0 Å². The first-order chi connectivity index (χ1) is 7.71. The summed E-state index contributed by atoms with van der Waals surface area (Å²) in [7, 11) is 2.96. The van der Waals surface area contributed by atoms with E-state index in [1.54, 1.807) is 7.11 Å². The summed E-state index contributed by atoms with van der Waals surface area (Å²) in [6.07, 6.45) is 0.513. The van der Waals surface area contributed by atoms with E-state index >= 15 is 0 Å². The van der Waals surface area contributed by atoms with E-state index in [-0.39, 0.29) is 0 Å². The molecule has 0 bridgehead atoms. The lowest BCUT2D eigenvalue weighted by atomic mass is 10.1. The van der Waals surface area contributed by atoms with Gasteiger partial charge in [0.1, 0.15) is 5.75 Å².